The summed E-state index contributed by atoms with van der Waals surface area (Å²) in [6, 6.07) is 8.76. The van der Waals surface area contributed by atoms with Gasteiger partial charge in [0.2, 0.25) is 5.75 Å². The van der Waals surface area contributed by atoms with Crippen LogP contribution < -0.4 is 5.43 Å². The molecule has 0 radical (unpaired) electrons. The molecule has 0 atom stereocenters. The van der Waals surface area contributed by atoms with Gasteiger partial charge in [0.1, 0.15) is 0 Å². The maximum Gasteiger partial charge on any atom is 0.312 e. The van der Waals surface area contributed by atoms with E-state index in [1.165, 1.54) is 24.3 Å². The molecule has 0 saturated heterocycles. The van der Waals surface area contributed by atoms with Crippen LogP contribution in [-0.4, -0.2) is 22.2 Å². The van der Waals surface area contributed by atoms with Crippen molar-refractivity contribution in [2.45, 2.75) is 0 Å². The van der Waals surface area contributed by atoms with Gasteiger partial charge in [0.15, 0.2) is 0 Å². The van der Waals surface area contributed by atoms with E-state index >= 15 is 0 Å². The van der Waals surface area contributed by atoms with E-state index in [0.29, 0.717) is 15.1 Å². The average molecular weight is 399 g/mol. The summed E-state index contributed by atoms with van der Waals surface area (Å²) in [5, 5.41) is 24.8. The fourth-order valence-corrected chi connectivity index (χ4v) is 2.26. The van der Waals surface area contributed by atoms with E-state index in [9.17, 15) is 20.0 Å². The number of nitro benzene ring substituents is 1. The van der Waals surface area contributed by atoms with E-state index < -0.39 is 22.3 Å². The van der Waals surface area contributed by atoms with Crippen molar-refractivity contribution in [3.63, 3.8) is 0 Å². The molecule has 0 aromatic heterocycles. The molecular formula is C14H9BrClN3O4. The summed E-state index contributed by atoms with van der Waals surface area (Å²) in [7, 11) is 0. The smallest absolute Gasteiger partial charge is 0.312 e. The fraction of sp³-hybridized carbons (Fsp3) is 0. The van der Waals surface area contributed by atoms with Crippen LogP contribution in [0, 0.1) is 10.1 Å². The number of hydrazone groups is 1. The van der Waals surface area contributed by atoms with Gasteiger partial charge in [-0.25, -0.2) is 5.43 Å². The van der Waals surface area contributed by atoms with Gasteiger partial charge in [0.25, 0.3) is 5.91 Å². The number of benzene rings is 2. The second-order valence-electron chi connectivity index (χ2n) is 4.33. The molecule has 0 aliphatic heterocycles. The second kappa shape index (κ2) is 7.21. The molecule has 0 bridgehead atoms. The zero-order chi connectivity index (χ0) is 17.0. The number of rotatable bonds is 4. The van der Waals surface area contributed by atoms with Gasteiger partial charge in [0.05, 0.1) is 11.1 Å². The minimum atomic E-state index is -0.719. The summed E-state index contributed by atoms with van der Waals surface area (Å²) < 4.78 is 0.396. The fourth-order valence-electron chi connectivity index (χ4n) is 1.67. The molecule has 0 heterocycles. The van der Waals surface area contributed by atoms with Gasteiger partial charge in [-0.3, -0.25) is 14.9 Å². The largest absolute Gasteiger partial charge is 0.502 e. The standard InChI is InChI=1S/C14H9BrClN3O4/c15-10-5-9(13(20)12(6-10)19(22)23)7-17-18-14(21)8-1-3-11(16)4-2-8/h1-7,20H,(H,18,21)/b17-7+. The normalized spacial score (nSPS) is 10.7. The second-order valence-corrected chi connectivity index (χ2v) is 5.68. The van der Waals surface area contributed by atoms with E-state index in [2.05, 4.69) is 26.5 Å². The molecule has 2 rings (SSSR count). The lowest BCUT2D eigenvalue weighted by Gasteiger charge is -2.02. The Morgan fingerprint density at radius 2 is 2.00 bits per heavy atom. The number of hydrogen-bond donors (Lipinski definition) is 2. The van der Waals surface area contributed by atoms with Gasteiger partial charge in [-0.15, -0.1) is 0 Å². The Morgan fingerprint density at radius 1 is 1.35 bits per heavy atom. The third-order valence-electron chi connectivity index (χ3n) is 2.76. The van der Waals surface area contributed by atoms with Crippen LogP contribution >= 0.6 is 27.5 Å². The summed E-state index contributed by atoms with van der Waals surface area (Å²) in [6.45, 7) is 0. The lowest BCUT2D eigenvalue weighted by molar-refractivity contribution is -0.385. The monoisotopic (exact) mass is 397 g/mol. The molecule has 0 spiro atoms. The molecule has 9 heteroatoms. The molecule has 0 saturated carbocycles. The summed E-state index contributed by atoms with van der Waals surface area (Å²) in [5.41, 5.74) is 2.21. The number of carbonyl (C=O) groups excluding carboxylic acids is 1. The Balaban J connectivity index is 2.16. The quantitative estimate of drug-likeness (QED) is 0.467. The predicted octanol–water partition coefficient (Wildman–Crippen LogP) is 3.48. The van der Waals surface area contributed by atoms with Crippen molar-refractivity contribution in [2.75, 3.05) is 0 Å². The van der Waals surface area contributed by atoms with E-state index in [1.54, 1.807) is 12.1 Å². The van der Waals surface area contributed by atoms with Crippen LogP contribution in [0.15, 0.2) is 46.0 Å². The zero-order valence-corrected chi connectivity index (χ0v) is 13.7. The first-order chi connectivity index (χ1) is 10.9. The molecule has 2 aromatic rings. The average Bonchev–Trinajstić information content (AvgIpc) is 2.50. The van der Waals surface area contributed by atoms with Gasteiger partial charge in [0, 0.05) is 26.7 Å². The molecule has 2 N–H and O–H groups in total. The van der Waals surface area contributed by atoms with Crippen LogP contribution in [0.2, 0.25) is 5.02 Å². The Bertz CT molecular complexity index is 793. The van der Waals surface area contributed by atoms with Gasteiger partial charge in [-0.05, 0) is 30.3 Å². The SMILES string of the molecule is O=C(N/N=C/c1cc(Br)cc([N+](=O)[O-])c1O)c1ccc(Cl)cc1. The topological polar surface area (TPSA) is 105 Å². The first kappa shape index (κ1) is 16.9. The van der Waals surface area contributed by atoms with Crippen LogP contribution in [0.3, 0.4) is 0 Å². The maximum atomic E-state index is 11.8. The Hall–Kier alpha value is -2.45. The van der Waals surface area contributed by atoms with Crippen molar-refractivity contribution < 1.29 is 14.8 Å². The molecule has 23 heavy (non-hydrogen) atoms. The molecule has 7 nitrogen and oxygen atoms in total. The van der Waals surface area contributed by atoms with Crippen molar-refractivity contribution in [1.29, 1.82) is 0 Å². The van der Waals surface area contributed by atoms with Crippen LogP contribution in [0.4, 0.5) is 5.69 Å². The highest BCUT2D eigenvalue weighted by molar-refractivity contribution is 9.10. The van der Waals surface area contributed by atoms with Crippen molar-refractivity contribution in [3.8, 4) is 5.75 Å². The van der Waals surface area contributed by atoms with Crippen LogP contribution in [-0.2, 0) is 0 Å². The number of halogens is 2. The molecular weight excluding hydrogens is 390 g/mol. The Kier molecular flexibility index (Phi) is 5.30. The van der Waals surface area contributed by atoms with Gasteiger partial charge in [-0.1, -0.05) is 27.5 Å². The lowest BCUT2D eigenvalue weighted by Crippen LogP contribution is -2.17. The van der Waals surface area contributed by atoms with E-state index in [4.69, 9.17) is 11.6 Å². The summed E-state index contributed by atoms with van der Waals surface area (Å²) in [4.78, 5) is 21.9. The highest BCUT2D eigenvalue weighted by Crippen LogP contribution is 2.32. The van der Waals surface area contributed by atoms with Gasteiger partial charge < -0.3 is 5.11 Å². The summed E-state index contributed by atoms with van der Waals surface area (Å²) >= 11 is 8.83. The third kappa shape index (κ3) is 4.27. The minimum absolute atomic E-state index is 0.0856. The van der Waals surface area contributed by atoms with Crippen molar-refractivity contribution in [3.05, 3.63) is 67.1 Å². The van der Waals surface area contributed by atoms with Crippen LogP contribution in [0.25, 0.3) is 0 Å². The predicted molar refractivity (Wildman–Crippen MR) is 89.0 cm³/mol. The molecule has 118 valence electrons. The van der Waals surface area contributed by atoms with Crippen molar-refractivity contribution in [2.24, 2.45) is 5.10 Å². The number of nitrogens with zero attached hydrogens (tertiary/aromatic N) is 2. The van der Waals surface area contributed by atoms with Gasteiger partial charge >= 0.3 is 5.69 Å². The van der Waals surface area contributed by atoms with E-state index in [0.717, 1.165) is 6.21 Å². The first-order valence-electron chi connectivity index (χ1n) is 6.14. The number of phenolic OH excluding ortho intramolecular Hbond substituents is 1. The van der Waals surface area contributed by atoms with Crippen LogP contribution in [0.1, 0.15) is 15.9 Å². The molecule has 0 unspecified atom stereocenters. The van der Waals surface area contributed by atoms with E-state index in [1.807, 2.05) is 0 Å². The van der Waals surface area contributed by atoms with Crippen molar-refractivity contribution in [1.82, 2.24) is 5.43 Å². The number of amides is 1. The summed E-state index contributed by atoms with van der Waals surface area (Å²) in [6.07, 6.45) is 1.11. The van der Waals surface area contributed by atoms with E-state index in [-0.39, 0.29) is 5.56 Å². The van der Waals surface area contributed by atoms with Crippen LogP contribution in [0.5, 0.6) is 5.75 Å². The van der Waals surface area contributed by atoms with Crippen molar-refractivity contribution >= 4 is 45.3 Å². The third-order valence-corrected chi connectivity index (χ3v) is 3.47. The Labute approximate surface area is 143 Å². The maximum absolute atomic E-state index is 11.8. The highest BCUT2D eigenvalue weighted by atomic mass is 79.9. The molecule has 1 amide bonds. The van der Waals surface area contributed by atoms with Gasteiger partial charge in [-0.2, -0.15) is 5.10 Å². The number of aromatic hydroxyl groups is 1. The number of hydrogen-bond acceptors (Lipinski definition) is 5. The number of nitrogens with one attached hydrogen (secondary N) is 1. The number of phenols is 1. The number of carbonyl (C=O) groups is 1. The molecule has 0 fully saturated rings. The molecule has 2 aromatic carbocycles. The Morgan fingerprint density at radius 3 is 2.61 bits per heavy atom. The highest BCUT2D eigenvalue weighted by Gasteiger charge is 2.17. The summed E-state index contributed by atoms with van der Waals surface area (Å²) in [5.74, 6) is -1.02. The zero-order valence-electron chi connectivity index (χ0n) is 11.4. The number of nitro groups is 1. The molecule has 0 aliphatic rings. The lowest BCUT2D eigenvalue weighted by atomic mass is 10.2. The minimum Gasteiger partial charge on any atom is -0.502 e. The first-order valence-corrected chi connectivity index (χ1v) is 7.31. The molecule has 0 aliphatic carbocycles.